The van der Waals surface area contributed by atoms with Gasteiger partial charge in [-0.2, -0.15) is 5.10 Å². The molecule has 2 rings (SSSR count). The maximum atomic E-state index is 12.2. The Labute approximate surface area is 149 Å². The zero-order valence-corrected chi connectivity index (χ0v) is 15.7. The number of ether oxygens (including phenoxy) is 1. The van der Waals surface area contributed by atoms with E-state index in [9.17, 15) is 4.79 Å². The molecular formula is C17H27ClN4O2. The molecule has 1 fully saturated rings. The summed E-state index contributed by atoms with van der Waals surface area (Å²) in [7, 11) is 2.06. The third kappa shape index (κ3) is 6.24. The Hall–Kier alpha value is -1.40. The van der Waals surface area contributed by atoms with E-state index in [1.54, 1.807) is 6.07 Å². The molecule has 134 valence electrons. The summed E-state index contributed by atoms with van der Waals surface area (Å²) in [6.07, 6.45) is 1.92. The number of piperidine rings is 1. The molecule has 0 radical (unpaired) electrons. The van der Waals surface area contributed by atoms with E-state index in [-0.39, 0.29) is 6.09 Å². The molecule has 1 amide bonds. The summed E-state index contributed by atoms with van der Waals surface area (Å²) < 4.78 is 5.48. The zero-order valence-electron chi connectivity index (χ0n) is 15.0. The topological polar surface area (TPSA) is 58.6 Å². The van der Waals surface area contributed by atoms with Crippen LogP contribution in [-0.2, 0) is 11.3 Å². The Morgan fingerprint density at radius 2 is 2.17 bits per heavy atom. The second kappa shape index (κ2) is 8.12. The van der Waals surface area contributed by atoms with E-state index in [2.05, 4.69) is 22.1 Å². The second-order valence-corrected chi connectivity index (χ2v) is 7.87. The summed E-state index contributed by atoms with van der Waals surface area (Å²) >= 11 is 5.76. The van der Waals surface area contributed by atoms with Crippen LogP contribution in [-0.4, -0.2) is 58.4 Å². The molecule has 6 nitrogen and oxygen atoms in total. The Bertz CT molecular complexity index is 545. The molecule has 1 atom stereocenters. The summed E-state index contributed by atoms with van der Waals surface area (Å²) in [6, 6.07) is 3.64. The molecule has 0 saturated carbocycles. The molecule has 0 spiro atoms. The third-order valence-corrected chi connectivity index (χ3v) is 4.06. The van der Waals surface area contributed by atoms with Gasteiger partial charge in [0.1, 0.15) is 5.60 Å². The molecule has 0 aromatic carbocycles. The highest BCUT2D eigenvalue weighted by Gasteiger charge is 2.28. The smallest absolute Gasteiger partial charge is 0.410 e. The number of carbonyl (C=O) groups is 1. The Balaban J connectivity index is 1.83. The first-order valence-electron chi connectivity index (χ1n) is 8.37. The van der Waals surface area contributed by atoms with Gasteiger partial charge in [0.15, 0.2) is 5.15 Å². The zero-order chi connectivity index (χ0) is 17.7. The molecule has 1 aliphatic heterocycles. The van der Waals surface area contributed by atoms with Gasteiger partial charge in [0, 0.05) is 26.2 Å². The first-order chi connectivity index (χ1) is 11.2. The van der Waals surface area contributed by atoms with Crippen LogP contribution in [0.1, 0.15) is 39.3 Å². The maximum Gasteiger partial charge on any atom is 0.410 e. The van der Waals surface area contributed by atoms with Crippen LogP contribution in [0.15, 0.2) is 12.1 Å². The first-order valence-corrected chi connectivity index (χ1v) is 8.75. The predicted octanol–water partition coefficient (Wildman–Crippen LogP) is 3.21. The number of rotatable bonds is 4. The molecule has 2 heterocycles. The Morgan fingerprint density at radius 1 is 1.42 bits per heavy atom. The van der Waals surface area contributed by atoms with E-state index >= 15 is 0 Å². The molecule has 7 heteroatoms. The lowest BCUT2D eigenvalue weighted by molar-refractivity contribution is 0.0147. The van der Waals surface area contributed by atoms with Gasteiger partial charge in [-0.3, -0.25) is 0 Å². The lowest BCUT2D eigenvalue weighted by Crippen LogP contribution is -2.45. The lowest BCUT2D eigenvalue weighted by Gasteiger charge is -2.35. The fourth-order valence-electron chi connectivity index (χ4n) is 2.92. The molecule has 1 aromatic heterocycles. The summed E-state index contributed by atoms with van der Waals surface area (Å²) in [5.74, 6) is 0.441. The van der Waals surface area contributed by atoms with Gasteiger partial charge in [-0.25, -0.2) is 4.79 Å². The monoisotopic (exact) mass is 354 g/mol. The standard InChI is InChI=1S/C17H27ClN4O2/c1-17(2,3)24-16(23)22-9-5-6-13(11-22)10-21(4)12-14-7-8-15(18)20-19-14/h7-8,13H,5-6,9-12H2,1-4H3. The predicted molar refractivity (Wildman–Crippen MR) is 93.9 cm³/mol. The van der Waals surface area contributed by atoms with E-state index in [1.807, 2.05) is 31.7 Å². The molecule has 1 unspecified atom stereocenters. The fourth-order valence-corrected chi connectivity index (χ4v) is 3.02. The van der Waals surface area contributed by atoms with Gasteiger partial charge in [0.05, 0.1) is 5.69 Å². The van der Waals surface area contributed by atoms with Crippen molar-refractivity contribution >= 4 is 17.7 Å². The third-order valence-electron chi connectivity index (χ3n) is 3.86. The number of halogens is 1. The number of nitrogens with zero attached hydrogens (tertiary/aromatic N) is 4. The minimum atomic E-state index is -0.450. The lowest BCUT2D eigenvalue weighted by atomic mass is 9.98. The van der Waals surface area contributed by atoms with Gasteiger partial charge in [-0.05, 0) is 58.7 Å². The quantitative estimate of drug-likeness (QED) is 0.831. The van der Waals surface area contributed by atoms with Crippen LogP contribution in [0.5, 0.6) is 0 Å². The molecule has 0 N–H and O–H groups in total. The number of carbonyl (C=O) groups excluding carboxylic acids is 1. The van der Waals surface area contributed by atoms with Crippen molar-refractivity contribution in [2.24, 2.45) is 5.92 Å². The maximum absolute atomic E-state index is 12.2. The largest absolute Gasteiger partial charge is 0.444 e. The van der Waals surface area contributed by atoms with Crippen LogP contribution in [0, 0.1) is 5.92 Å². The average Bonchev–Trinajstić information content (AvgIpc) is 2.48. The number of hydrogen-bond acceptors (Lipinski definition) is 5. The molecule has 0 bridgehead atoms. The second-order valence-electron chi connectivity index (χ2n) is 7.48. The number of hydrogen-bond donors (Lipinski definition) is 0. The summed E-state index contributed by atoms with van der Waals surface area (Å²) in [6.45, 7) is 8.83. The van der Waals surface area contributed by atoms with Gasteiger partial charge in [-0.1, -0.05) is 11.6 Å². The van der Waals surface area contributed by atoms with Crippen LogP contribution >= 0.6 is 11.6 Å². The molecule has 24 heavy (non-hydrogen) atoms. The van der Waals surface area contributed by atoms with Crippen molar-refractivity contribution in [3.05, 3.63) is 23.0 Å². The number of likely N-dealkylation sites (tertiary alicyclic amines) is 1. The first kappa shape index (κ1) is 18.9. The SMILES string of the molecule is CN(Cc1ccc(Cl)nn1)CC1CCCN(C(=O)OC(C)(C)C)C1. The van der Waals surface area contributed by atoms with Crippen molar-refractivity contribution in [3.63, 3.8) is 0 Å². The van der Waals surface area contributed by atoms with Crippen LogP contribution in [0.25, 0.3) is 0 Å². The van der Waals surface area contributed by atoms with Crippen molar-refractivity contribution in [3.8, 4) is 0 Å². The van der Waals surface area contributed by atoms with Crippen LogP contribution < -0.4 is 0 Å². The van der Waals surface area contributed by atoms with Crippen LogP contribution in [0.4, 0.5) is 4.79 Å². The van der Waals surface area contributed by atoms with Gasteiger partial charge in [0.2, 0.25) is 0 Å². The van der Waals surface area contributed by atoms with Gasteiger partial charge < -0.3 is 14.5 Å². The van der Waals surface area contributed by atoms with Crippen molar-refractivity contribution < 1.29 is 9.53 Å². The summed E-state index contributed by atoms with van der Waals surface area (Å²) in [5.41, 5.74) is 0.440. The van der Waals surface area contributed by atoms with E-state index in [4.69, 9.17) is 16.3 Å². The normalized spacial score (nSPS) is 18.8. The van der Waals surface area contributed by atoms with E-state index < -0.39 is 5.60 Å². The number of amides is 1. The van der Waals surface area contributed by atoms with Crippen LogP contribution in [0.2, 0.25) is 5.15 Å². The highest BCUT2D eigenvalue weighted by atomic mass is 35.5. The van der Waals surface area contributed by atoms with Gasteiger partial charge in [0.25, 0.3) is 0 Å². The molecule has 1 aliphatic rings. The molecule has 0 aliphatic carbocycles. The van der Waals surface area contributed by atoms with E-state index in [0.717, 1.165) is 38.2 Å². The molecular weight excluding hydrogens is 328 g/mol. The Kier molecular flexibility index (Phi) is 6.40. The van der Waals surface area contributed by atoms with Gasteiger partial charge >= 0.3 is 6.09 Å². The van der Waals surface area contributed by atoms with Crippen molar-refractivity contribution in [1.82, 2.24) is 20.0 Å². The highest BCUT2D eigenvalue weighted by Crippen LogP contribution is 2.20. The van der Waals surface area contributed by atoms with Gasteiger partial charge in [-0.15, -0.1) is 5.10 Å². The van der Waals surface area contributed by atoms with E-state index in [0.29, 0.717) is 17.6 Å². The van der Waals surface area contributed by atoms with Crippen molar-refractivity contribution in [2.45, 2.75) is 45.8 Å². The van der Waals surface area contributed by atoms with E-state index in [1.165, 1.54) is 0 Å². The highest BCUT2D eigenvalue weighted by molar-refractivity contribution is 6.29. The molecule has 1 aromatic rings. The summed E-state index contributed by atoms with van der Waals surface area (Å²) in [5, 5.41) is 8.36. The molecule has 1 saturated heterocycles. The minimum Gasteiger partial charge on any atom is -0.444 e. The van der Waals surface area contributed by atoms with Crippen molar-refractivity contribution in [1.29, 1.82) is 0 Å². The Morgan fingerprint density at radius 3 is 2.79 bits per heavy atom. The van der Waals surface area contributed by atoms with Crippen LogP contribution in [0.3, 0.4) is 0 Å². The summed E-state index contributed by atoms with van der Waals surface area (Å²) in [4.78, 5) is 16.3. The average molecular weight is 355 g/mol. The minimum absolute atomic E-state index is 0.210. The number of aromatic nitrogens is 2. The fraction of sp³-hybridized carbons (Fsp3) is 0.706. The van der Waals surface area contributed by atoms with Crippen molar-refractivity contribution in [2.75, 3.05) is 26.7 Å².